The number of hydrogen-bond donors (Lipinski definition) is 1. The molecule has 1 fully saturated rings. The third-order valence-corrected chi connectivity index (χ3v) is 7.60. The summed E-state index contributed by atoms with van der Waals surface area (Å²) in [5.74, 6) is 2.83. The van der Waals surface area contributed by atoms with Crippen LogP contribution in [0.3, 0.4) is 0 Å². The van der Waals surface area contributed by atoms with Gasteiger partial charge in [0.1, 0.15) is 23.9 Å². The van der Waals surface area contributed by atoms with Gasteiger partial charge in [0.05, 0.1) is 35.5 Å². The maximum atomic E-state index is 11.6. The van der Waals surface area contributed by atoms with Gasteiger partial charge in [0, 0.05) is 25.7 Å². The summed E-state index contributed by atoms with van der Waals surface area (Å²) in [5.41, 5.74) is 10.2. The SMILES string of the molecule is COc1cccc(Cl)c1-c1nc(C)c(COc2cc(C(C)C)ccc2C)c(N2CCN(CC(N)=O)[C@H](C)C2)n1. The lowest BCUT2D eigenvalue weighted by atomic mass is 10.0. The van der Waals surface area contributed by atoms with Crippen molar-refractivity contribution in [3.05, 3.63) is 63.8 Å². The summed E-state index contributed by atoms with van der Waals surface area (Å²) in [6.45, 7) is 13.1. The van der Waals surface area contributed by atoms with Crippen LogP contribution in [-0.2, 0) is 11.4 Å². The summed E-state index contributed by atoms with van der Waals surface area (Å²) in [6.07, 6.45) is 0. The Hall–Kier alpha value is -3.36. The molecular weight excluding hydrogens is 514 g/mol. The molecule has 1 aromatic heterocycles. The summed E-state index contributed by atoms with van der Waals surface area (Å²) in [4.78, 5) is 25.8. The van der Waals surface area contributed by atoms with Crippen molar-refractivity contribution < 1.29 is 14.3 Å². The zero-order chi connectivity index (χ0) is 28.3. The van der Waals surface area contributed by atoms with Crippen LogP contribution in [0.5, 0.6) is 11.5 Å². The first-order chi connectivity index (χ1) is 18.6. The average molecular weight is 552 g/mol. The van der Waals surface area contributed by atoms with Crippen LogP contribution < -0.4 is 20.1 Å². The van der Waals surface area contributed by atoms with Crippen LogP contribution in [-0.4, -0.2) is 60.1 Å². The second kappa shape index (κ2) is 12.2. The molecule has 2 heterocycles. The number of amides is 1. The van der Waals surface area contributed by atoms with Crippen molar-refractivity contribution in [3.8, 4) is 22.9 Å². The van der Waals surface area contributed by atoms with Gasteiger partial charge < -0.3 is 20.1 Å². The Bertz CT molecular complexity index is 1350. The minimum absolute atomic E-state index is 0.110. The molecule has 3 aromatic rings. The summed E-state index contributed by atoms with van der Waals surface area (Å²) in [6, 6.07) is 12.0. The Balaban J connectivity index is 1.75. The first-order valence-corrected chi connectivity index (χ1v) is 13.7. The predicted octanol–water partition coefficient (Wildman–Crippen LogP) is 5.12. The smallest absolute Gasteiger partial charge is 0.231 e. The molecule has 1 saturated heterocycles. The van der Waals surface area contributed by atoms with E-state index in [0.29, 0.717) is 54.3 Å². The van der Waals surface area contributed by atoms with Gasteiger partial charge in [-0.25, -0.2) is 9.97 Å². The fourth-order valence-electron chi connectivity index (χ4n) is 4.92. The molecule has 1 aliphatic rings. The highest BCUT2D eigenvalue weighted by molar-refractivity contribution is 6.33. The van der Waals surface area contributed by atoms with Crippen molar-refractivity contribution in [2.24, 2.45) is 5.73 Å². The lowest BCUT2D eigenvalue weighted by molar-refractivity contribution is -0.119. The van der Waals surface area contributed by atoms with Crippen molar-refractivity contribution >= 4 is 23.3 Å². The topological polar surface area (TPSA) is 93.8 Å². The van der Waals surface area contributed by atoms with E-state index in [-0.39, 0.29) is 18.5 Å². The number of ether oxygens (including phenoxy) is 2. The number of hydrogen-bond acceptors (Lipinski definition) is 7. The number of anilines is 1. The molecule has 2 N–H and O–H groups in total. The second-order valence-corrected chi connectivity index (χ2v) is 10.9. The monoisotopic (exact) mass is 551 g/mol. The molecule has 0 spiro atoms. The number of nitrogens with two attached hydrogens (primary N) is 1. The maximum absolute atomic E-state index is 11.6. The zero-order valence-corrected chi connectivity index (χ0v) is 24.4. The first kappa shape index (κ1) is 28.6. The van der Waals surface area contributed by atoms with Gasteiger partial charge in [0.25, 0.3) is 0 Å². The molecule has 39 heavy (non-hydrogen) atoms. The van der Waals surface area contributed by atoms with Crippen molar-refractivity contribution in [1.82, 2.24) is 14.9 Å². The van der Waals surface area contributed by atoms with E-state index in [2.05, 4.69) is 55.7 Å². The standard InChI is InChI=1S/C30H38ClN5O3/c1-18(2)22-11-10-19(3)26(14-22)39-17-23-21(5)33-29(28-24(31)8-7-9-25(28)38-6)34-30(23)36-13-12-35(16-27(32)37)20(4)15-36/h7-11,14,18,20H,12-13,15-17H2,1-6H3,(H2,32,37)/t20-/m1/s1. The van der Waals surface area contributed by atoms with Crippen molar-refractivity contribution in [2.75, 3.05) is 38.2 Å². The number of methoxy groups -OCH3 is 1. The van der Waals surface area contributed by atoms with Crippen LogP contribution in [0.25, 0.3) is 11.4 Å². The quantitative estimate of drug-likeness (QED) is 0.394. The second-order valence-electron chi connectivity index (χ2n) is 10.5. The Morgan fingerprint density at radius 2 is 1.92 bits per heavy atom. The van der Waals surface area contributed by atoms with Gasteiger partial charge in [0.2, 0.25) is 5.91 Å². The van der Waals surface area contributed by atoms with Gasteiger partial charge in [-0.15, -0.1) is 0 Å². The number of primary amides is 1. The van der Waals surface area contributed by atoms with Crippen LogP contribution in [0, 0.1) is 13.8 Å². The van der Waals surface area contributed by atoms with E-state index in [1.807, 2.05) is 25.1 Å². The lowest BCUT2D eigenvalue weighted by Gasteiger charge is -2.40. The molecule has 9 heteroatoms. The van der Waals surface area contributed by atoms with Crippen LogP contribution in [0.4, 0.5) is 5.82 Å². The molecule has 0 aliphatic carbocycles. The van der Waals surface area contributed by atoms with Gasteiger partial charge in [-0.3, -0.25) is 9.69 Å². The van der Waals surface area contributed by atoms with E-state index in [0.717, 1.165) is 28.4 Å². The number of carbonyl (C=O) groups excluding carboxylic acids is 1. The minimum Gasteiger partial charge on any atom is -0.496 e. The maximum Gasteiger partial charge on any atom is 0.231 e. The zero-order valence-electron chi connectivity index (χ0n) is 23.6. The number of benzene rings is 2. The van der Waals surface area contributed by atoms with E-state index in [9.17, 15) is 4.79 Å². The molecule has 4 rings (SSSR count). The van der Waals surface area contributed by atoms with Gasteiger partial charge in [-0.1, -0.05) is 43.6 Å². The largest absolute Gasteiger partial charge is 0.496 e. The van der Waals surface area contributed by atoms with Crippen LogP contribution >= 0.6 is 11.6 Å². The Morgan fingerprint density at radius 1 is 1.15 bits per heavy atom. The summed E-state index contributed by atoms with van der Waals surface area (Å²) in [5, 5.41) is 0.518. The number of piperazine rings is 1. The third-order valence-electron chi connectivity index (χ3n) is 7.29. The lowest BCUT2D eigenvalue weighted by Crippen LogP contribution is -2.54. The molecule has 0 bridgehead atoms. The minimum atomic E-state index is -0.325. The number of carbonyl (C=O) groups is 1. The van der Waals surface area contributed by atoms with E-state index in [4.69, 9.17) is 36.8 Å². The Morgan fingerprint density at radius 3 is 2.59 bits per heavy atom. The highest BCUT2D eigenvalue weighted by Crippen LogP contribution is 2.37. The molecule has 0 radical (unpaired) electrons. The van der Waals surface area contributed by atoms with Crippen molar-refractivity contribution in [3.63, 3.8) is 0 Å². The molecule has 1 aliphatic heterocycles. The van der Waals surface area contributed by atoms with E-state index in [1.165, 1.54) is 5.56 Å². The fraction of sp³-hybridized carbons (Fsp3) is 0.433. The van der Waals surface area contributed by atoms with E-state index < -0.39 is 0 Å². The van der Waals surface area contributed by atoms with Crippen molar-refractivity contribution in [1.29, 1.82) is 0 Å². The molecule has 1 amide bonds. The molecule has 8 nitrogen and oxygen atoms in total. The summed E-state index contributed by atoms with van der Waals surface area (Å²) >= 11 is 6.61. The van der Waals surface area contributed by atoms with Gasteiger partial charge in [-0.05, 0) is 56.0 Å². The van der Waals surface area contributed by atoms with Gasteiger partial charge in [0.15, 0.2) is 5.82 Å². The van der Waals surface area contributed by atoms with Crippen molar-refractivity contribution in [2.45, 2.75) is 53.2 Å². The number of rotatable bonds is 9. The normalized spacial score (nSPS) is 16.0. The molecule has 0 saturated carbocycles. The first-order valence-electron chi connectivity index (χ1n) is 13.3. The van der Waals surface area contributed by atoms with E-state index >= 15 is 0 Å². The number of aromatic nitrogens is 2. The van der Waals surface area contributed by atoms with Crippen LogP contribution in [0.15, 0.2) is 36.4 Å². The average Bonchev–Trinajstić information content (AvgIpc) is 2.89. The highest BCUT2D eigenvalue weighted by atomic mass is 35.5. The van der Waals surface area contributed by atoms with Crippen LogP contribution in [0.2, 0.25) is 5.02 Å². The van der Waals surface area contributed by atoms with E-state index in [1.54, 1.807) is 7.11 Å². The summed E-state index contributed by atoms with van der Waals surface area (Å²) in [7, 11) is 1.61. The Kier molecular flexibility index (Phi) is 8.97. The molecule has 208 valence electrons. The molecule has 2 aromatic carbocycles. The number of halogens is 1. The summed E-state index contributed by atoms with van der Waals surface area (Å²) < 4.78 is 12.0. The third kappa shape index (κ3) is 6.45. The molecular formula is C30H38ClN5O3. The van der Waals surface area contributed by atoms with Crippen LogP contribution in [0.1, 0.15) is 49.1 Å². The van der Waals surface area contributed by atoms with Gasteiger partial charge >= 0.3 is 0 Å². The van der Waals surface area contributed by atoms with Gasteiger partial charge in [-0.2, -0.15) is 0 Å². The predicted molar refractivity (Wildman–Crippen MR) is 156 cm³/mol. The number of nitrogens with zero attached hydrogens (tertiary/aromatic N) is 4. The fourth-order valence-corrected chi connectivity index (χ4v) is 5.17. The Labute approximate surface area is 236 Å². The molecule has 0 unspecified atom stereocenters. The highest BCUT2D eigenvalue weighted by Gasteiger charge is 2.29. The molecule has 1 atom stereocenters. The number of aryl methyl sites for hydroxylation is 2.